The van der Waals surface area contributed by atoms with Crippen LogP contribution in [0.5, 0.6) is 0 Å². The number of nitrogens with one attached hydrogen (secondary N) is 1. The van der Waals surface area contributed by atoms with E-state index >= 15 is 0 Å². The number of nitrogens with two attached hydrogens (primary N) is 1. The zero-order valence-electron chi connectivity index (χ0n) is 13.1. The Labute approximate surface area is 158 Å². The summed E-state index contributed by atoms with van der Waals surface area (Å²) >= 11 is 2.07. The van der Waals surface area contributed by atoms with Crippen molar-refractivity contribution in [2.45, 2.75) is 17.9 Å². The molecule has 132 valence electrons. The van der Waals surface area contributed by atoms with Gasteiger partial charge in [-0.25, -0.2) is 18.4 Å². The highest BCUT2D eigenvalue weighted by molar-refractivity contribution is 14.1. The second-order valence-corrected chi connectivity index (χ2v) is 7.92. The van der Waals surface area contributed by atoms with Crippen LogP contribution in [-0.2, 0) is 19.6 Å². The van der Waals surface area contributed by atoms with Crippen molar-refractivity contribution in [1.29, 1.82) is 0 Å². The van der Waals surface area contributed by atoms with E-state index < -0.39 is 28.0 Å². The number of carbonyl (C=O) groups is 2. The van der Waals surface area contributed by atoms with Crippen LogP contribution in [0, 0.1) is 3.57 Å². The maximum atomic E-state index is 12.1. The van der Waals surface area contributed by atoms with Crippen LogP contribution in [0.4, 0.5) is 5.69 Å². The van der Waals surface area contributed by atoms with Gasteiger partial charge in [0.15, 0.2) is 6.10 Å². The fourth-order valence-electron chi connectivity index (χ4n) is 1.87. The van der Waals surface area contributed by atoms with Crippen LogP contribution in [-0.4, -0.2) is 26.4 Å². The van der Waals surface area contributed by atoms with Crippen LogP contribution in [0.1, 0.15) is 17.3 Å². The van der Waals surface area contributed by atoms with E-state index in [9.17, 15) is 18.0 Å². The summed E-state index contributed by atoms with van der Waals surface area (Å²) in [6.07, 6.45) is -1.02. The molecule has 0 bridgehead atoms. The van der Waals surface area contributed by atoms with Gasteiger partial charge in [0.2, 0.25) is 10.0 Å². The number of hydrogen-bond donors (Lipinski definition) is 2. The number of sulfonamides is 1. The van der Waals surface area contributed by atoms with E-state index in [-0.39, 0.29) is 4.90 Å². The lowest BCUT2D eigenvalue weighted by Gasteiger charge is -2.14. The fourth-order valence-corrected chi connectivity index (χ4v) is 2.93. The van der Waals surface area contributed by atoms with Crippen molar-refractivity contribution in [3.8, 4) is 0 Å². The monoisotopic (exact) mass is 474 g/mol. The van der Waals surface area contributed by atoms with Crippen molar-refractivity contribution in [2.24, 2.45) is 5.14 Å². The Balaban J connectivity index is 1.99. The molecule has 1 amide bonds. The van der Waals surface area contributed by atoms with E-state index in [2.05, 4.69) is 27.9 Å². The molecular formula is C16H15IN2O5S. The number of halogens is 1. The van der Waals surface area contributed by atoms with Gasteiger partial charge in [-0.1, -0.05) is 6.07 Å². The van der Waals surface area contributed by atoms with Crippen LogP contribution >= 0.6 is 22.6 Å². The smallest absolute Gasteiger partial charge is 0.338 e. The Kier molecular flexibility index (Phi) is 6.14. The van der Waals surface area contributed by atoms with E-state index in [4.69, 9.17) is 9.88 Å². The summed E-state index contributed by atoms with van der Waals surface area (Å²) in [6.45, 7) is 1.44. The molecule has 1 unspecified atom stereocenters. The van der Waals surface area contributed by atoms with Crippen LogP contribution < -0.4 is 10.5 Å². The van der Waals surface area contributed by atoms with Crippen molar-refractivity contribution in [3.05, 3.63) is 57.7 Å². The summed E-state index contributed by atoms with van der Waals surface area (Å²) in [5.74, 6) is -1.15. The highest BCUT2D eigenvalue weighted by atomic mass is 127. The lowest BCUT2D eigenvalue weighted by molar-refractivity contribution is -0.123. The lowest BCUT2D eigenvalue weighted by atomic mass is 10.2. The number of primary sulfonamides is 1. The minimum Gasteiger partial charge on any atom is -0.449 e. The van der Waals surface area contributed by atoms with E-state index in [1.54, 1.807) is 18.2 Å². The maximum Gasteiger partial charge on any atom is 0.338 e. The summed E-state index contributed by atoms with van der Waals surface area (Å²) in [7, 11) is -3.80. The first kappa shape index (κ1) is 19.3. The third-order valence-electron chi connectivity index (χ3n) is 3.16. The molecule has 0 saturated carbocycles. The van der Waals surface area contributed by atoms with Gasteiger partial charge in [-0.15, -0.1) is 0 Å². The third kappa shape index (κ3) is 5.51. The molecule has 0 aromatic heterocycles. The summed E-state index contributed by atoms with van der Waals surface area (Å²) in [6, 6.07) is 12.1. The number of esters is 1. The molecule has 0 spiro atoms. The van der Waals surface area contributed by atoms with Gasteiger partial charge >= 0.3 is 5.97 Å². The Morgan fingerprint density at radius 1 is 1.16 bits per heavy atom. The van der Waals surface area contributed by atoms with Gasteiger partial charge in [0.05, 0.1) is 10.5 Å². The number of hydrogen-bond acceptors (Lipinski definition) is 5. The third-order valence-corrected chi connectivity index (χ3v) is 4.76. The molecule has 0 fully saturated rings. The van der Waals surface area contributed by atoms with Crippen LogP contribution in [0.2, 0.25) is 0 Å². The van der Waals surface area contributed by atoms with Gasteiger partial charge in [0.25, 0.3) is 5.91 Å². The predicted octanol–water partition coefficient (Wildman–Crippen LogP) is 2.12. The van der Waals surface area contributed by atoms with Gasteiger partial charge in [0.1, 0.15) is 0 Å². The molecule has 7 nitrogen and oxygen atoms in total. The fraction of sp³-hybridized carbons (Fsp3) is 0.125. The van der Waals surface area contributed by atoms with Gasteiger partial charge < -0.3 is 10.1 Å². The molecule has 0 aliphatic carbocycles. The average molecular weight is 474 g/mol. The Bertz CT molecular complexity index is 897. The van der Waals surface area contributed by atoms with Crippen LogP contribution in [0.25, 0.3) is 0 Å². The summed E-state index contributed by atoms with van der Waals surface area (Å²) < 4.78 is 28.4. The number of anilines is 1. The molecule has 0 saturated heterocycles. The molecule has 0 heterocycles. The number of ether oxygens (including phenoxy) is 1. The second-order valence-electron chi connectivity index (χ2n) is 5.12. The SMILES string of the molecule is CC(OC(=O)c1cccc(I)c1)C(=O)Nc1ccc(S(N)(=O)=O)cc1. The molecule has 2 aromatic rings. The minimum absolute atomic E-state index is 0.0661. The summed E-state index contributed by atoms with van der Waals surface area (Å²) in [4.78, 5) is 24.1. The van der Waals surface area contributed by atoms with Crippen molar-refractivity contribution < 1.29 is 22.7 Å². The first-order valence-corrected chi connectivity index (χ1v) is 9.69. The maximum absolute atomic E-state index is 12.1. The highest BCUT2D eigenvalue weighted by Crippen LogP contribution is 2.14. The Morgan fingerprint density at radius 2 is 1.80 bits per heavy atom. The zero-order chi connectivity index (χ0) is 18.6. The zero-order valence-corrected chi connectivity index (χ0v) is 16.1. The summed E-state index contributed by atoms with van der Waals surface area (Å²) in [5, 5.41) is 7.54. The van der Waals surface area contributed by atoms with Crippen molar-refractivity contribution in [1.82, 2.24) is 0 Å². The van der Waals surface area contributed by atoms with Crippen molar-refractivity contribution in [3.63, 3.8) is 0 Å². The molecule has 25 heavy (non-hydrogen) atoms. The molecule has 0 radical (unpaired) electrons. The molecule has 2 rings (SSSR count). The topological polar surface area (TPSA) is 116 Å². The lowest BCUT2D eigenvalue weighted by Crippen LogP contribution is -2.30. The number of amides is 1. The van der Waals surface area contributed by atoms with E-state index in [1.807, 2.05) is 6.07 Å². The predicted molar refractivity (Wildman–Crippen MR) is 100 cm³/mol. The minimum atomic E-state index is -3.80. The van der Waals surface area contributed by atoms with Gasteiger partial charge in [-0.2, -0.15) is 0 Å². The Morgan fingerprint density at radius 3 is 2.36 bits per heavy atom. The van der Waals surface area contributed by atoms with E-state index in [0.29, 0.717) is 11.3 Å². The van der Waals surface area contributed by atoms with Gasteiger partial charge in [-0.05, 0) is 72.0 Å². The molecule has 0 aliphatic rings. The number of rotatable bonds is 5. The summed E-state index contributed by atoms with van der Waals surface area (Å²) in [5.41, 5.74) is 0.707. The largest absolute Gasteiger partial charge is 0.449 e. The number of benzene rings is 2. The van der Waals surface area contributed by atoms with E-state index in [1.165, 1.54) is 31.2 Å². The van der Waals surface area contributed by atoms with E-state index in [0.717, 1.165) is 3.57 Å². The standard InChI is InChI=1S/C16H15IN2O5S/c1-10(24-16(21)11-3-2-4-12(17)9-11)15(20)19-13-5-7-14(8-6-13)25(18,22)23/h2-10H,1H3,(H,19,20)(H2,18,22,23). The first-order chi connectivity index (χ1) is 11.7. The first-order valence-electron chi connectivity index (χ1n) is 7.07. The molecule has 3 N–H and O–H groups in total. The van der Waals surface area contributed by atoms with Crippen LogP contribution in [0.3, 0.4) is 0 Å². The highest BCUT2D eigenvalue weighted by Gasteiger charge is 2.19. The van der Waals surface area contributed by atoms with Gasteiger partial charge in [0, 0.05) is 9.26 Å². The van der Waals surface area contributed by atoms with Gasteiger partial charge in [-0.3, -0.25) is 4.79 Å². The molecule has 9 heteroatoms. The molecule has 1 atom stereocenters. The Hall–Kier alpha value is -1.98. The quantitative estimate of drug-likeness (QED) is 0.509. The normalized spacial score (nSPS) is 12.3. The molecular weight excluding hydrogens is 459 g/mol. The van der Waals surface area contributed by atoms with Crippen LogP contribution in [0.15, 0.2) is 53.4 Å². The average Bonchev–Trinajstić information content (AvgIpc) is 2.54. The second kappa shape index (κ2) is 7.93. The molecule has 0 aliphatic heterocycles. The van der Waals surface area contributed by atoms with Crippen molar-refractivity contribution in [2.75, 3.05) is 5.32 Å². The number of carbonyl (C=O) groups excluding carboxylic acids is 2. The van der Waals surface area contributed by atoms with Crippen molar-refractivity contribution >= 4 is 50.2 Å². The molecule has 2 aromatic carbocycles.